The van der Waals surface area contributed by atoms with Crippen molar-refractivity contribution in [2.75, 3.05) is 40.0 Å². The number of hydrogen-bond acceptors (Lipinski definition) is 4. The van der Waals surface area contributed by atoms with Gasteiger partial charge in [-0.2, -0.15) is 0 Å². The lowest BCUT2D eigenvalue weighted by molar-refractivity contribution is -0.132. The molecule has 0 aromatic heterocycles. The Kier molecular flexibility index (Phi) is 5.41. The third-order valence-corrected chi connectivity index (χ3v) is 5.25. The van der Waals surface area contributed by atoms with E-state index in [0.29, 0.717) is 31.2 Å². The van der Waals surface area contributed by atoms with Crippen LogP contribution in [0.25, 0.3) is 0 Å². The normalized spacial score (nSPS) is 26.8. The van der Waals surface area contributed by atoms with Crippen LogP contribution in [0.2, 0.25) is 0 Å². The van der Waals surface area contributed by atoms with Crippen LogP contribution < -0.4 is 4.74 Å². The Morgan fingerprint density at radius 1 is 1.38 bits per heavy atom. The largest absolute Gasteiger partial charge is 0.497 e. The number of rotatable bonds is 5. The summed E-state index contributed by atoms with van der Waals surface area (Å²) in [5.41, 5.74) is 0.474. The van der Waals surface area contributed by atoms with Crippen LogP contribution in [0.15, 0.2) is 24.3 Å². The fourth-order valence-corrected chi connectivity index (χ4v) is 3.90. The van der Waals surface area contributed by atoms with Crippen LogP contribution >= 0.6 is 0 Å². The topological polar surface area (TPSA) is 48.0 Å². The van der Waals surface area contributed by atoms with Crippen LogP contribution in [-0.2, 0) is 9.47 Å². The van der Waals surface area contributed by atoms with Crippen LogP contribution in [0.1, 0.15) is 36.5 Å². The molecule has 1 saturated carbocycles. The molecule has 1 amide bonds. The van der Waals surface area contributed by atoms with Gasteiger partial charge in [0.15, 0.2) is 0 Å². The SMILES string of the molecule is CCOC[C@H]1CCC[C@]12CN(C(=O)c1ccc(OC)cc1)CCO2. The molecule has 2 fully saturated rings. The van der Waals surface area contributed by atoms with E-state index in [1.54, 1.807) is 7.11 Å². The van der Waals surface area contributed by atoms with Crippen LogP contribution in [-0.4, -0.2) is 56.4 Å². The maximum atomic E-state index is 12.9. The van der Waals surface area contributed by atoms with Crippen LogP contribution in [0.4, 0.5) is 0 Å². The number of methoxy groups -OCH3 is 1. The van der Waals surface area contributed by atoms with Crippen molar-refractivity contribution in [2.24, 2.45) is 5.92 Å². The molecule has 5 heteroatoms. The summed E-state index contributed by atoms with van der Waals surface area (Å²) in [7, 11) is 1.63. The number of nitrogens with zero attached hydrogens (tertiary/aromatic N) is 1. The molecule has 1 spiro atoms. The summed E-state index contributed by atoms with van der Waals surface area (Å²) >= 11 is 0. The van der Waals surface area contributed by atoms with Gasteiger partial charge in [-0.25, -0.2) is 0 Å². The highest BCUT2D eigenvalue weighted by molar-refractivity contribution is 5.94. The fraction of sp³-hybridized carbons (Fsp3) is 0.632. The van der Waals surface area contributed by atoms with Crippen LogP contribution in [0, 0.1) is 5.92 Å². The second-order valence-electron chi connectivity index (χ2n) is 6.62. The number of amides is 1. The van der Waals surface area contributed by atoms with E-state index < -0.39 is 0 Å². The summed E-state index contributed by atoms with van der Waals surface area (Å²) < 4.78 is 17.0. The molecule has 132 valence electrons. The van der Waals surface area contributed by atoms with E-state index in [-0.39, 0.29) is 11.5 Å². The molecule has 0 N–H and O–H groups in total. The maximum absolute atomic E-state index is 12.9. The summed E-state index contributed by atoms with van der Waals surface area (Å²) in [6.07, 6.45) is 3.27. The summed E-state index contributed by atoms with van der Waals surface area (Å²) in [6.45, 7) is 5.37. The van der Waals surface area contributed by atoms with Gasteiger partial charge in [-0.15, -0.1) is 0 Å². The van der Waals surface area contributed by atoms with Gasteiger partial charge in [0.25, 0.3) is 5.91 Å². The van der Waals surface area contributed by atoms with Gasteiger partial charge in [0.2, 0.25) is 0 Å². The first kappa shape index (κ1) is 17.2. The molecule has 1 aliphatic carbocycles. The molecule has 1 heterocycles. The first-order valence-electron chi connectivity index (χ1n) is 8.83. The fourth-order valence-electron chi connectivity index (χ4n) is 3.90. The highest BCUT2D eigenvalue weighted by Gasteiger charge is 2.47. The lowest BCUT2D eigenvalue weighted by Crippen LogP contribution is -2.56. The summed E-state index contributed by atoms with van der Waals surface area (Å²) in [6, 6.07) is 7.32. The van der Waals surface area contributed by atoms with Crippen molar-refractivity contribution in [2.45, 2.75) is 31.8 Å². The standard InChI is InChI=1S/C19H27NO4/c1-3-23-13-16-5-4-10-19(16)14-20(11-12-24-19)18(21)15-6-8-17(22-2)9-7-15/h6-9,16H,3-5,10-14H2,1-2H3/t16-,19+/m1/s1. The molecular weight excluding hydrogens is 306 g/mol. The molecule has 1 saturated heterocycles. The Labute approximate surface area is 143 Å². The minimum absolute atomic E-state index is 0.0717. The molecule has 0 bridgehead atoms. The Bertz CT molecular complexity index is 559. The van der Waals surface area contributed by atoms with E-state index in [9.17, 15) is 4.79 Å². The maximum Gasteiger partial charge on any atom is 0.254 e. The van der Waals surface area contributed by atoms with E-state index >= 15 is 0 Å². The van der Waals surface area contributed by atoms with Gasteiger partial charge < -0.3 is 19.1 Å². The van der Waals surface area contributed by atoms with E-state index in [1.807, 2.05) is 36.1 Å². The van der Waals surface area contributed by atoms with Gasteiger partial charge in [-0.05, 0) is 44.0 Å². The van der Waals surface area contributed by atoms with E-state index in [0.717, 1.165) is 38.2 Å². The number of benzene rings is 1. The highest BCUT2D eigenvalue weighted by atomic mass is 16.5. The lowest BCUT2D eigenvalue weighted by atomic mass is 9.89. The highest BCUT2D eigenvalue weighted by Crippen LogP contribution is 2.41. The van der Waals surface area contributed by atoms with Gasteiger partial charge >= 0.3 is 0 Å². The third-order valence-electron chi connectivity index (χ3n) is 5.25. The Morgan fingerprint density at radius 2 is 2.17 bits per heavy atom. The number of carbonyl (C=O) groups is 1. The average Bonchev–Trinajstić information content (AvgIpc) is 3.01. The second-order valence-corrected chi connectivity index (χ2v) is 6.62. The Hall–Kier alpha value is -1.59. The molecule has 0 unspecified atom stereocenters. The first-order chi connectivity index (χ1) is 11.7. The predicted molar refractivity (Wildman–Crippen MR) is 91.4 cm³/mol. The molecule has 3 rings (SSSR count). The summed E-state index contributed by atoms with van der Waals surface area (Å²) in [4.78, 5) is 14.8. The minimum Gasteiger partial charge on any atom is -0.497 e. The molecule has 1 aliphatic heterocycles. The molecule has 24 heavy (non-hydrogen) atoms. The molecule has 5 nitrogen and oxygen atoms in total. The van der Waals surface area contributed by atoms with Gasteiger partial charge in [0, 0.05) is 24.6 Å². The van der Waals surface area contributed by atoms with E-state index in [4.69, 9.17) is 14.2 Å². The van der Waals surface area contributed by atoms with Crippen LogP contribution in [0.3, 0.4) is 0 Å². The summed E-state index contributed by atoms with van der Waals surface area (Å²) in [5.74, 6) is 1.21. The Morgan fingerprint density at radius 3 is 2.88 bits per heavy atom. The molecule has 2 aliphatic rings. The quantitative estimate of drug-likeness (QED) is 0.831. The lowest BCUT2D eigenvalue weighted by Gasteiger charge is -2.44. The van der Waals surface area contributed by atoms with Crippen molar-refractivity contribution in [3.05, 3.63) is 29.8 Å². The Balaban J connectivity index is 1.71. The van der Waals surface area contributed by atoms with Gasteiger partial charge in [0.1, 0.15) is 5.75 Å². The third kappa shape index (κ3) is 3.42. The summed E-state index contributed by atoms with van der Waals surface area (Å²) in [5, 5.41) is 0. The van der Waals surface area contributed by atoms with Gasteiger partial charge in [-0.1, -0.05) is 6.42 Å². The smallest absolute Gasteiger partial charge is 0.254 e. The van der Waals surface area contributed by atoms with Crippen molar-refractivity contribution in [3.63, 3.8) is 0 Å². The molecular formula is C19H27NO4. The minimum atomic E-state index is -0.227. The molecule has 1 aromatic rings. The van der Waals surface area contributed by atoms with Crippen molar-refractivity contribution in [1.29, 1.82) is 0 Å². The zero-order chi connectivity index (χ0) is 17.0. The van der Waals surface area contributed by atoms with Gasteiger partial charge in [0.05, 0.1) is 32.5 Å². The van der Waals surface area contributed by atoms with E-state index in [1.165, 1.54) is 0 Å². The predicted octanol–water partition coefficient (Wildman–Crippen LogP) is 2.74. The van der Waals surface area contributed by atoms with Crippen LogP contribution in [0.5, 0.6) is 5.75 Å². The number of morpholine rings is 1. The molecule has 0 radical (unpaired) electrons. The van der Waals surface area contributed by atoms with Crippen molar-refractivity contribution >= 4 is 5.91 Å². The monoisotopic (exact) mass is 333 g/mol. The van der Waals surface area contributed by atoms with Crippen molar-refractivity contribution in [1.82, 2.24) is 4.90 Å². The number of carbonyl (C=O) groups excluding carboxylic acids is 1. The second kappa shape index (κ2) is 7.53. The average molecular weight is 333 g/mol. The number of hydrogen-bond donors (Lipinski definition) is 0. The molecule has 2 atom stereocenters. The first-order valence-corrected chi connectivity index (χ1v) is 8.83. The molecule has 1 aromatic carbocycles. The number of ether oxygens (including phenoxy) is 3. The zero-order valence-electron chi connectivity index (χ0n) is 14.6. The van der Waals surface area contributed by atoms with Crippen molar-refractivity contribution in [3.8, 4) is 5.75 Å². The van der Waals surface area contributed by atoms with E-state index in [2.05, 4.69) is 0 Å². The van der Waals surface area contributed by atoms with Gasteiger partial charge in [-0.3, -0.25) is 4.79 Å². The van der Waals surface area contributed by atoms with Crippen molar-refractivity contribution < 1.29 is 19.0 Å². The zero-order valence-corrected chi connectivity index (χ0v) is 14.6.